The van der Waals surface area contributed by atoms with E-state index in [0.717, 1.165) is 50.5 Å². The molecule has 3 amide bonds. The molecule has 0 saturated heterocycles. The van der Waals surface area contributed by atoms with Crippen molar-refractivity contribution in [3.8, 4) is 0 Å². The molecular weight excluding hydrogens is 414 g/mol. The Labute approximate surface area is 195 Å². The Morgan fingerprint density at radius 2 is 1.70 bits per heavy atom. The molecule has 6 heteroatoms. The maximum atomic E-state index is 13.9. The average molecular weight is 448 g/mol. The van der Waals surface area contributed by atoms with E-state index in [0.29, 0.717) is 23.5 Å². The summed E-state index contributed by atoms with van der Waals surface area (Å²) in [4.78, 5) is 41.0. The molecule has 0 bridgehead atoms. The van der Waals surface area contributed by atoms with Gasteiger partial charge in [-0.05, 0) is 49.1 Å². The van der Waals surface area contributed by atoms with Crippen LogP contribution in [0.25, 0.3) is 0 Å². The Kier molecular flexibility index (Phi) is 6.82. The second-order valence-corrected chi connectivity index (χ2v) is 9.25. The van der Waals surface area contributed by atoms with Crippen LogP contribution < -0.4 is 10.6 Å². The van der Waals surface area contributed by atoms with Crippen LogP contribution in [0.5, 0.6) is 0 Å². The standard InChI is InChI=1S/C27H33N3O3/c1-3-4-17-30-26(33)23-14-7-6-13-22(23)24(27(30)15-8-5-9-16-27)25(32)29-21-12-10-11-20(18-21)28-19(2)31/h6-7,10-14,18,24H,3-5,8-9,15-17H2,1-2H3,(H,28,31)(H,29,32)/t24-/m0/s1. The van der Waals surface area contributed by atoms with Crippen molar-refractivity contribution in [2.45, 2.75) is 70.3 Å². The van der Waals surface area contributed by atoms with Crippen LogP contribution in [0.4, 0.5) is 11.4 Å². The van der Waals surface area contributed by atoms with Crippen LogP contribution in [0.1, 0.15) is 80.6 Å². The molecule has 2 aromatic rings. The van der Waals surface area contributed by atoms with Crippen molar-refractivity contribution in [2.75, 3.05) is 17.2 Å². The Morgan fingerprint density at radius 3 is 2.39 bits per heavy atom. The van der Waals surface area contributed by atoms with E-state index in [1.807, 2.05) is 41.3 Å². The van der Waals surface area contributed by atoms with E-state index < -0.39 is 11.5 Å². The second-order valence-electron chi connectivity index (χ2n) is 9.25. The minimum atomic E-state index is -0.502. The molecule has 0 aromatic heterocycles. The molecule has 6 nitrogen and oxygen atoms in total. The minimum Gasteiger partial charge on any atom is -0.332 e. The largest absolute Gasteiger partial charge is 0.332 e. The third-order valence-corrected chi connectivity index (χ3v) is 6.99. The van der Waals surface area contributed by atoms with Gasteiger partial charge in [0.15, 0.2) is 0 Å². The lowest BCUT2D eigenvalue weighted by atomic mass is 9.65. The monoisotopic (exact) mass is 447 g/mol. The predicted molar refractivity (Wildman–Crippen MR) is 130 cm³/mol. The number of carbonyl (C=O) groups is 3. The Hall–Kier alpha value is -3.15. The van der Waals surface area contributed by atoms with E-state index >= 15 is 0 Å². The predicted octanol–water partition coefficient (Wildman–Crippen LogP) is 5.33. The summed E-state index contributed by atoms with van der Waals surface area (Å²) in [6.07, 6.45) is 6.74. The number of anilines is 2. The van der Waals surface area contributed by atoms with Gasteiger partial charge in [0, 0.05) is 30.4 Å². The van der Waals surface area contributed by atoms with Crippen molar-refractivity contribution in [3.63, 3.8) is 0 Å². The van der Waals surface area contributed by atoms with Gasteiger partial charge in [0.2, 0.25) is 11.8 Å². The van der Waals surface area contributed by atoms with Crippen LogP contribution in [0, 0.1) is 0 Å². The molecule has 4 rings (SSSR count). The maximum Gasteiger partial charge on any atom is 0.254 e. The zero-order chi connectivity index (χ0) is 23.4. The van der Waals surface area contributed by atoms with Gasteiger partial charge in [0.05, 0.1) is 11.5 Å². The van der Waals surface area contributed by atoms with E-state index in [2.05, 4.69) is 17.6 Å². The first kappa shape index (κ1) is 23.0. The van der Waals surface area contributed by atoms with Crippen LogP contribution in [-0.2, 0) is 9.59 Å². The third kappa shape index (κ3) is 4.52. The number of hydrogen-bond donors (Lipinski definition) is 2. The lowest BCUT2D eigenvalue weighted by molar-refractivity contribution is -0.122. The van der Waals surface area contributed by atoms with Gasteiger partial charge >= 0.3 is 0 Å². The van der Waals surface area contributed by atoms with Crippen LogP contribution in [-0.4, -0.2) is 34.7 Å². The van der Waals surface area contributed by atoms with E-state index in [9.17, 15) is 14.4 Å². The quantitative estimate of drug-likeness (QED) is 0.629. The van der Waals surface area contributed by atoms with Crippen LogP contribution >= 0.6 is 0 Å². The molecule has 1 aliphatic heterocycles. The number of unbranched alkanes of at least 4 members (excludes halogenated alkanes) is 1. The zero-order valence-corrected chi connectivity index (χ0v) is 19.5. The summed E-state index contributed by atoms with van der Waals surface area (Å²) < 4.78 is 0. The van der Waals surface area contributed by atoms with Crippen molar-refractivity contribution in [1.29, 1.82) is 0 Å². The molecule has 2 aromatic carbocycles. The van der Waals surface area contributed by atoms with Crippen molar-refractivity contribution in [3.05, 3.63) is 59.7 Å². The smallest absolute Gasteiger partial charge is 0.254 e. The number of nitrogens with one attached hydrogen (secondary N) is 2. The molecule has 0 unspecified atom stereocenters. The van der Waals surface area contributed by atoms with E-state index in [-0.39, 0.29) is 17.7 Å². The highest BCUT2D eigenvalue weighted by molar-refractivity contribution is 6.05. The second kappa shape index (κ2) is 9.77. The first-order valence-corrected chi connectivity index (χ1v) is 12.1. The number of carbonyl (C=O) groups excluding carboxylic acids is 3. The summed E-state index contributed by atoms with van der Waals surface area (Å²) in [5, 5.41) is 5.86. The van der Waals surface area contributed by atoms with Gasteiger partial charge in [-0.2, -0.15) is 0 Å². The fraction of sp³-hybridized carbons (Fsp3) is 0.444. The van der Waals surface area contributed by atoms with E-state index in [4.69, 9.17) is 0 Å². The van der Waals surface area contributed by atoms with Gasteiger partial charge in [0.1, 0.15) is 0 Å². The zero-order valence-electron chi connectivity index (χ0n) is 19.5. The fourth-order valence-electron chi connectivity index (χ4n) is 5.58. The van der Waals surface area contributed by atoms with Gasteiger partial charge < -0.3 is 15.5 Å². The number of fused-ring (bicyclic) bond motifs is 1. The lowest BCUT2D eigenvalue weighted by Gasteiger charge is -2.53. The minimum absolute atomic E-state index is 0.0534. The number of rotatable bonds is 6. The fourth-order valence-corrected chi connectivity index (χ4v) is 5.58. The van der Waals surface area contributed by atoms with Crippen molar-refractivity contribution < 1.29 is 14.4 Å². The van der Waals surface area contributed by atoms with Gasteiger partial charge in [-0.1, -0.05) is 56.9 Å². The first-order valence-electron chi connectivity index (χ1n) is 12.1. The number of nitrogens with zero attached hydrogens (tertiary/aromatic N) is 1. The summed E-state index contributed by atoms with van der Waals surface area (Å²) in [6.45, 7) is 4.26. The number of amides is 3. The highest BCUT2D eigenvalue weighted by Gasteiger charge is 2.54. The van der Waals surface area contributed by atoms with Gasteiger partial charge in [-0.25, -0.2) is 0 Å². The molecule has 174 valence electrons. The first-order chi connectivity index (χ1) is 16.0. The Balaban J connectivity index is 1.74. The molecule has 1 saturated carbocycles. The molecule has 1 spiro atoms. The summed E-state index contributed by atoms with van der Waals surface area (Å²) in [5.41, 5.74) is 2.23. The molecule has 33 heavy (non-hydrogen) atoms. The molecular formula is C27H33N3O3. The highest BCUT2D eigenvalue weighted by atomic mass is 16.2. The van der Waals surface area contributed by atoms with Crippen LogP contribution in [0.3, 0.4) is 0 Å². The van der Waals surface area contributed by atoms with Crippen LogP contribution in [0.2, 0.25) is 0 Å². The number of benzene rings is 2. The summed E-state index contributed by atoms with van der Waals surface area (Å²) in [6, 6.07) is 14.8. The lowest BCUT2D eigenvalue weighted by Crippen LogP contribution is -2.62. The molecule has 2 N–H and O–H groups in total. The van der Waals surface area contributed by atoms with Gasteiger partial charge in [-0.3, -0.25) is 14.4 Å². The van der Waals surface area contributed by atoms with Crippen molar-refractivity contribution >= 4 is 29.1 Å². The third-order valence-electron chi connectivity index (χ3n) is 6.99. The maximum absolute atomic E-state index is 13.9. The molecule has 0 radical (unpaired) electrons. The summed E-state index contributed by atoms with van der Waals surface area (Å²) >= 11 is 0. The van der Waals surface area contributed by atoms with Gasteiger partial charge in [0.25, 0.3) is 5.91 Å². The Bertz CT molecular complexity index is 1040. The molecule has 1 heterocycles. The van der Waals surface area contributed by atoms with E-state index in [1.165, 1.54) is 6.92 Å². The molecule has 1 fully saturated rings. The number of hydrogen-bond acceptors (Lipinski definition) is 3. The van der Waals surface area contributed by atoms with E-state index in [1.54, 1.807) is 12.1 Å². The van der Waals surface area contributed by atoms with Crippen molar-refractivity contribution in [1.82, 2.24) is 4.90 Å². The van der Waals surface area contributed by atoms with Crippen LogP contribution in [0.15, 0.2) is 48.5 Å². The molecule has 2 aliphatic rings. The summed E-state index contributed by atoms with van der Waals surface area (Å²) in [7, 11) is 0. The summed E-state index contributed by atoms with van der Waals surface area (Å²) in [5.74, 6) is -0.644. The highest BCUT2D eigenvalue weighted by Crippen LogP contribution is 2.49. The SMILES string of the molecule is CCCCN1C(=O)c2ccccc2[C@@H](C(=O)Nc2cccc(NC(C)=O)c2)C12CCCCC2. The average Bonchev–Trinajstić information content (AvgIpc) is 2.79. The molecule has 1 atom stereocenters. The Morgan fingerprint density at radius 1 is 1.00 bits per heavy atom. The topological polar surface area (TPSA) is 78.5 Å². The molecule has 1 aliphatic carbocycles. The van der Waals surface area contributed by atoms with Gasteiger partial charge in [-0.15, -0.1) is 0 Å². The van der Waals surface area contributed by atoms with Crippen molar-refractivity contribution in [2.24, 2.45) is 0 Å². The normalized spacial score (nSPS) is 19.2.